The maximum atomic E-state index is 15.8. The molecular formula is C87H101F12N9O4. The number of aromatic nitrogens is 3. The third-order valence-corrected chi connectivity index (χ3v) is 24.4. The molecule has 112 heavy (non-hydrogen) atoms. The van der Waals surface area contributed by atoms with Gasteiger partial charge in [-0.1, -0.05) is 54.6 Å². The van der Waals surface area contributed by atoms with E-state index in [4.69, 9.17) is 14.2 Å². The summed E-state index contributed by atoms with van der Waals surface area (Å²) < 4.78 is 194. The molecule has 0 radical (unpaired) electrons. The summed E-state index contributed by atoms with van der Waals surface area (Å²) >= 11 is 0. The highest BCUT2D eigenvalue weighted by Crippen LogP contribution is 2.49. The molecule has 9 aromatic rings. The van der Waals surface area contributed by atoms with E-state index in [2.05, 4.69) is 24.8 Å². The van der Waals surface area contributed by atoms with Crippen LogP contribution in [0.5, 0.6) is 17.2 Å². The topological polar surface area (TPSA) is 115 Å². The first-order valence-electron chi connectivity index (χ1n) is 39.6. The quantitative estimate of drug-likeness (QED) is 0.0462. The van der Waals surface area contributed by atoms with Gasteiger partial charge in [0, 0.05) is 204 Å². The summed E-state index contributed by atoms with van der Waals surface area (Å²) in [4.78, 5) is 22.1. The third-order valence-electron chi connectivity index (χ3n) is 24.4. The second-order valence-corrected chi connectivity index (χ2v) is 34.0. The van der Waals surface area contributed by atoms with Crippen molar-refractivity contribution in [3.05, 3.63) is 195 Å². The molecule has 17 rings (SSSR count). The van der Waals surface area contributed by atoms with Crippen LogP contribution in [0, 0.1) is 52.7 Å². The fraction of sp³-hybridized carbons (Fsp3) is 0.517. The van der Waals surface area contributed by atoms with Crippen molar-refractivity contribution in [2.45, 2.75) is 171 Å². The van der Waals surface area contributed by atoms with Gasteiger partial charge in [-0.3, -0.25) is 42.6 Å². The Hall–Kier alpha value is -7.78. The van der Waals surface area contributed by atoms with Gasteiger partial charge in [0.2, 0.25) is 0 Å². The van der Waals surface area contributed by atoms with Crippen molar-refractivity contribution in [2.75, 3.05) is 98.7 Å². The molecule has 2 saturated carbocycles. The van der Waals surface area contributed by atoms with Crippen LogP contribution in [0.25, 0.3) is 32.7 Å². The van der Waals surface area contributed by atoms with Crippen LogP contribution in [-0.2, 0) is 19.3 Å². The average Bonchev–Trinajstić information content (AvgIpc) is 1.37. The summed E-state index contributed by atoms with van der Waals surface area (Å²) in [5.74, 6) is -3.60. The second-order valence-electron chi connectivity index (χ2n) is 34.0. The van der Waals surface area contributed by atoms with Crippen LogP contribution in [0.15, 0.2) is 109 Å². The first kappa shape index (κ1) is 79.5. The predicted octanol–water partition coefficient (Wildman–Crippen LogP) is 17.1. The number of hydrogen-bond acceptors (Lipinski definition) is 10. The molecule has 7 atom stereocenters. The van der Waals surface area contributed by atoms with Crippen LogP contribution in [0.4, 0.5) is 52.7 Å². The Morgan fingerprint density at radius 2 is 0.795 bits per heavy atom. The van der Waals surface area contributed by atoms with Gasteiger partial charge in [0.25, 0.3) is 0 Å². The van der Waals surface area contributed by atoms with Crippen molar-refractivity contribution in [3.8, 4) is 17.2 Å². The van der Waals surface area contributed by atoms with Gasteiger partial charge in [-0.2, -0.15) is 0 Å². The number of hydrogen-bond donors (Lipinski definition) is 4. The molecule has 3 saturated heterocycles. The minimum Gasteiger partial charge on any atom is -0.492 e. The molecule has 8 aliphatic rings. The van der Waals surface area contributed by atoms with Crippen LogP contribution in [-0.4, -0.2) is 208 Å². The predicted molar refractivity (Wildman–Crippen MR) is 410 cm³/mol. The van der Waals surface area contributed by atoms with Gasteiger partial charge in [0.1, 0.15) is 88.5 Å². The number of ether oxygens (including phenoxy) is 3. The average molecular weight is 1560 g/mol. The van der Waals surface area contributed by atoms with Crippen LogP contribution >= 0.6 is 0 Å². The fourth-order valence-corrected chi connectivity index (χ4v) is 18.6. The Labute approximate surface area is 645 Å². The first-order chi connectivity index (χ1) is 53.6. The normalized spacial score (nSPS) is 25.2. The van der Waals surface area contributed by atoms with E-state index in [9.17, 15) is 31.4 Å². The molecular weight excluding hydrogens is 1460 g/mol. The molecule has 5 fully saturated rings. The lowest BCUT2D eigenvalue weighted by Gasteiger charge is -2.49. The number of nitrogens with one attached hydrogen (secondary N) is 3. The van der Waals surface area contributed by atoms with E-state index < -0.39 is 77.1 Å². The summed E-state index contributed by atoms with van der Waals surface area (Å²) in [5, 5.41) is 12.4. The Morgan fingerprint density at radius 1 is 0.464 bits per heavy atom. The number of para-hydroxylation sites is 3. The largest absolute Gasteiger partial charge is 0.492 e. The number of likely N-dealkylation sites (tertiary alicyclic amines) is 3. The third kappa shape index (κ3) is 16.3. The maximum absolute atomic E-state index is 15.8. The molecule has 6 aromatic carbocycles. The van der Waals surface area contributed by atoms with E-state index in [0.717, 1.165) is 87.2 Å². The number of nitrogens with zero attached hydrogens (tertiary/aromatic N) is 6. The summed E-state index contributed by atoms with van der Waals surface area (Å²) in [7, 11) is 0. The van der Waals surface area contributed by atoms with Crippen molar-refractivity contribution >= 4 is 32.7 Å². The van der Waals surface area contributed by atoms with Gasteiger partial charge in [-0.15, -0.1) is 0 Å². The van der Waals surface area contributed by atoms with E-state index in [1.54, 1.807) is 4.90 Å². The number of aromatic amines is 3. The molecule has 0 bridgehead atoms. The highest BCUT2D eigenvalue weighted by Gasteiger charge is 2.47. The van der Waals surface area contributed by atoms with Crippen molar-refractivity contribution in [1.29, 1.82) is 0 Å². The molecule has 602 valence electrons. The maximum Gasteiger partial charge on any atom is 0.136 e. The lowest BCUT2D eigenvalue weighted by atomic mass is 9.79. The Kier molecular flexibility index (Phi) is 23.0. The zero-order valence-corrected chi connectivity index (χ0v) is 64.4. The number of aliphatic hydroxyl groups excluding tert-OH is 1. The molecule has 4 N–H and O–H groups in total. The van der Waals surface area contributed by atoms with E-state index in [-0.39, 0.29) is 128 Å². The molecule has 0 unspecified atom stereocenters. The van der Waals surface area contributed by atoms with Crippen LogP contribution in [0.3, 0.4) is 0 Å². The zero-order chi connectivity index (χ0) is 78.9. The smallest absolute Gasteiger partial charge is 0.136 e. The Bertz CT molecular complexity index is 4530. The number of alkyl halides is 6. The van der Waals surface area contributed by atoms with Crippen molar-refractivity contribution in [3.63, 3.8) is 0 Å². The van der Waals surface area contributed by atoms with Gasteiger partial charge in [-0.05, 0) is 140 Å². The molecule has 6 aliphatic heterocycles. The lowest BCUT2D eigenvalue weighted by Crippen LogP contribution is -2.61. The standard InChI is InChI=1S/2C30H35F4N3O.C27H31F4N3O2/c2*1-17-8-23-22-6-4-5-7-26(22)35-28(23)29(37(17)16-30(2,3)34)27-24(32)11-20(12-25(27)33)38-21-14-36(15-21)19-9-18(10-19)13-31;1-16-8-21-20-4-2-3-5-24(20)32-26(21)27(34(16)14-18(29)15-35)25-22(30)9-19(10-23(25)31)36-7-6-33-12-17(11-28)13-33/h2*4-7,11-12,17-19,21,29,35H,8-10,13-16H2,1-3H3;2-5,9-10,16-18,27,32,35H,6-8,11-15H2,1H3/t2*17-,18?,19?,29-;16-,18+,27-/m111/s1. The van der Waals surface area contributed by atoms with Crippen LogP contribution in [0.1, 0.15) is 143 Å². The summed E-state index contributed by atoms with van der Waals surface area (Å²) in [5.41, 5.74) is 4.23. The number of fused-ring (bicyclic) bond motifs is 9. The summed E-state index contributed by atoms with van der Waals surface area (Å²) in [6.07, 6.45) is 3.50. The molecule has 9 heterocycles. The van der Waals surface area contributed by atoms with Gasteiger partial charge in [0.05, 0.1) is 44.8 Å². The van der Waals surface area contributed by atoms with E-state index in [1.165, 1.54) is 52.0 Å². The lowest BCUT2D eigenvalue weighted by molar-refractivity contribution is -0.0501. The van der Waals surface area contributed by atoms with Crippen molar-refractivity contribution < 1.29 is 72.0 Å². The van der Waals surface area contributed by atoms with Gasteiger partial charge in [0.15, 0.2) is 0 Å². The number of benzene rings is 6. The van der Waals surface area contributed by atoms with Gasteiger partial charge >= 0.3 is 0 Å². The summed E-state index contributed by atoms with van der Waals surface area (Å²) in [6, 6.07) is 28.5. The van der Waals surface area contributed by atoms with Crippen LogP contribution in [0.2, 0.25) is 0 Å². The number of aliphatic hydroxyl groups is 1. The van der Waals surface area contributed by atoms with E-state index in [1.807, 2.05) is 108 Å². The van der Waals surface area contributed by atoms with Crippen molar-refractivity contribution in [2.24, 2.45) is 17.8 Å². The van der Waals surface area contributed by atoms with E-state index in [0.29, 0.717) is 94.2 Å². The minimum atomic E-state index is -1.55. The summed E-state index contributed by atoms with van der Waals surface area (Å²) in [6.45, 7) is 15.0. The molecule has 3 aromatic heterocycles. The van der Waals surface area contributed by atoms with Gasteiger partial charge < -0.3 is 34.3 Å². The zero-order valence-electron chi connectivity index (χ0n) is 64.4. The monoisotopic (exact) mass is 1560 g/mol. The fourth-order valence-electron chi connectivity index (χ4n) is 18.6. The first-order valence-corrected chi connectivity index (χ1v) is 39.6. The highest BCUT2D eigenvalue weighted by molar-refractivity contribution is 5.87. The number of H-pyrrole nitrogens is 3. The second kappa shape index (κ2) is 32.5. The van der Waals surface area contributed by atoms with E-state index >= 15 is 26.3 Å². The molecule has 2 aliphatic carbocycles. The number of halogens is 12. The Balaban J connectivity index is 0.000000133. The molecule has 13 nitrogen and oxygen atoms in total. The highest BCUT2D eigenvalue weighted by atomic mass is 19.2. The SMILES string of the molecule is C[C@@H]1Cc2c([nH]c3ccccc23)[C@@H](c2c(F)cc(OC3CN(C4CC(CF)C4)C3)cc2F)N1CC(C)(C)F.C[C@@H]1Cc2c([nH]c3ccccc23)[C@@H](c2c(F)cc(OC3CN(C4CC(CF)C4)C3)cc2F)N1CC(C)(C)F.C[C@@H]1Cc2c([nH]c3ccccc23)[C@@H](c2c(F)cc(OCCN3CC(CF)C3)cc2F)N1C[C@H](F)CO. The Morgan fingerprint density at radius 3 is 1.13 bits per heavy atom. The van der Waals surface area contributed by atoms with Crippen LogP contribution < -0.4 is 14.2 Å². The molecule has 25 heteroatoms. The molecule has 0 amide bonds. The van der Waals surface area contributed by atoms with Crippen molar-refractivity contribution in [1.82, 2.24) is 44.4 Å². The van der Waals surface area contributed by atoms with Gasteiger partial charge in [-0.25, -0.2) is 39.5 Å². The molecule has 0 spiro atoms. The number of rotatable bonds is 23. The minimum absolute atomic E-state index is 0.0348.